The van der Waals surface area contributed by atoms with Crippen molar-refractivity contribution in [3.63, 3.8) is 0 Å². The smallest absolute Gasteiger partial charge is 0.207 e. The molecule has 0 aliphatic carbocycles. The molecule has 2 aromatic rings. The largest absolute Gasteiger partial charge is 0.243 e. The van der Waals surface area contributed by atoms with Crippen LogP contribution in [0.25, 0.3) is 0 Å². The minimum absolute atomic E-state index is 0.295. The first-order chi connectivity index (χ1) is 11.9. The SMILES string of the molecule is CC(C)Cc1ccc(S(=O)(=O)N2CCC[C@H]2c2cccc(F)c2)cc1. The summed E-state index contributed by atoms with van der Waals surface area (Å²) in [5.41, 5.74) is 1.86. The van der Waals surface area contributed by atoms with E-state index in [4.69, 9.17) is 0 Å². The van der Waals surface area contributed by atoms with Crippen molar-refractivity contribution >= 4 is 10.0 Å². The fraction of sp³-hybridized carbons (Fsp3) is 0.400. The summed E-state index contributed by atoms with van der Waals surface area (Å²) in [5.74, 6) is 0.193. The van der Waals surface area contributed by atoms with Gasteiger partial charge in [0, 0.05) is 6.54 Å². The molecule has 3 rings (SSSR count). The van der Waals surface area contributed by atoms with E-state index < -0.39 is 10.0 Å². The van der Waals surface area contributed by atoms with Gasteiger partial charge in [-0.3, -0.25) is 0 Å². The number of nitrogens with zero attached hydrogens (tertiary/aromatic N) is 1. The molecule has 1 heterocycles. The number of sulfonamides is 1. The van der Waals surface area contributed by atoms with E-state index in [9.17, 15) is 12.8 Å². The minimum atomic E-state index is -3.58. The summed E-state index contributed by atoms with van der Waals surface area (Å²) in [6.07, 6.45) is 2.43. The number of benzene rings is 2. The quantitative estimate of drug-likeness (QED) is 0.783. The van der Waals surface area contributed by atoms with Gasteiger partial charge in [-0.25, -0.2) is 12.8 Å². The van der Waals surface area contributed by atoms with Crippen LogP contribution in [0.1, 0.15) is 43.9 Å². The molecule has 0 N–H and O–H groups in total. The highest BCUT2D eigenvalue weighted by atomic mass is 32.2. The van der Waals surface area contributed by atoms with Gasteiger partial charge in [-0.2, -0.15) is 4.31 Å². The number of hydrogen-bond acceptors (Lipinski definition) is 2. The first-order valence-corrected chi connectivity index (χ1v) is 10.2. The van der Waals surface area contributed by atoms with Gasteiger partial charge >= 0.3 is 0 Å². The zero-order valence-electron chi connectivity index (χ0n) is 14.7. The van der Waals surface area contributed by atoms with E-state index in [-0.39, 0.29) is 11.9 Å². The Hall–Kier alpha value is -1.72. The van der Waals surface area contributed by atoms with Crippen LogP contribution in [0.2, 0.25) is 0 Å². The van der Waals surface area contributed by atoms with Crippen LogP contribution in [0, 0.1) is 11.7 Å². The molecule has 0 unspecified atom stereocenters. The molecule has 0 radical (unpaired) electrons. The molecule has 2 aromatic carbocycles. The van der Waals surface area contributed by atoms with Gasteiger partial charge in [0.25, 0.3) is 0 Å². The van der Waals surface area contributed by atoms with E-state index in [0.717, 1.165) is 24.0 Å². The van der Waals surface area contributed by atoms with Gasteiger partial charge in [-0.15, -0.1) is 0 Å². The maximum atomic E-state index is 13.5. The van der Waals surface area contributed by atoms with Gasteiger partial charge in [0.1, 0.15) is 5.82 Å². The molecular formula is C20H24FNO2S. The van der Waals surface area contributed by atoms with Crippen molar-refractivity contribution in [2.45, 2.75) is 44.0 Å². The van der Waals surface area contributed by atoms with Crippen LogP contribution in [0.3, 0.4) is 0 Å². The standard InChI is InChI=1S/C20H24FNO2S/c1-15(2)13-16-8-10-19(11-9-16)25(23,24)22-12-4-7-20(22)17-5-3-6-18(21)14-17/h3,5-6,8-11,14-15,20H,4,7,12-13H2,1-2H3/t20-/m0/s1. The summed E-state index contributed by atoms with van der Waals surface area (Å²) < 4.78 is 41.2. The van der Waals surface area contributed by atoms with E-state index >= 15 is 0 Å². The van der Waals surface area contributed by atoms with Crippen LogP contribution in [0.5, 0.6) is 0 Å². The van der Waals surface area contributed by atoms with Crippen LogP contribution >= 0.6 is 0 Å². The lowest BCUT2D eigenvalue weighted by atomic mass is 10.0. The van der Waals surface area contributed by atoms with Gasteiger partial charge in [0.05, 0.1) is 10.9 Å². The first-order valence-electron chi connectivity index (χ1n) is 8.74. The Morgan fingerprint density at radius 3 is 2.52 bits per heavy atom. The van der Waals surface area contributed by atoms with Crippen LogP contribution in [-0.4, -0.2) is 19.3 Å². The summed E-state index contributed by atoms with van der Waals surface area (Å²) in [6, 6.07) is 13.1. The Kier molecular flexibility index (Phi) is 5.25. The van der Waals surface area contributed by atoms with Gasteiger partial charge in [0.15, 0.2) is 0 Å². The first kappa shape index (κ1) is 18.1. The van der Waals surface area contributed by atoms with Crippen molar-refractivity contribution < 1.29 is 12.8 Å². The average Bonchev–Trinajstić information content (AvgIpc) is 3.05. The topological polar surface area (TPSA) is 37.4 Å². The highest BCUT2D eigenvalue weighted by molar-refractivity contribution is 7.89. The molecule has 25 heavy (non-hydrogen) atoms. The Bertz CT molecular complexity index is 831. The zero-order chi connectivity index (χ0) is 18.0. The van der Waals surface area contributed by atoms with Crippen LogP contribution in [-0.2, 0) is 16.4 Å². The second kappa shape index (κ2) is 7.26. The molecule has 0 amide bonds. The summed E-state index contributed by atoms with van der Waals surface area (Å²) in [5, 5.41) is 0. The fourth-order valence-corrected chi connectivity index (χ4v) is 5.16. The lowest BCUT2D eigenvalue weighted by Gasteiger charge is -2.24. The van der Waals surface area contributed by atoms with E-state index in [1.807, 2.05) is 12.1 Å². The molecule has 0 spiro atoms. The van der Waals surface area contributed by atoms with Gasteiger partial charge in [-0.05, 0) is 60.6 Å². The average molecular weight is 361 g/mol. The molecule has 134 valence electrons. The number of halogens is 1. The monoisotopic (exact) mass is 361 g/mol. The van der Waals surface area contributed by atoms with Gasteiger partial charge in [0.2, 0.25) is 10.0 Å². The summed E-state index contributed by atoms with van der Waals surface area (Å²) in [4.78, 5) is 0.309. The summed E-state index contributed by atoms with van der Waals surface area (Å²) >= 11 is 0. The third-order valence-electron chi connectivity index (χ3n) is 4.61. The molecule has 5 heteroatoms. The molecule has 1 saturated heterocycles. The number of rotatable bonds is 5. The maximum absolute atomic E-state index is 13.5. The van der Waals surface area contributed by atoms with E-state index in [0.29, 0.717) is 23.8 Å². The van der Waals surface area contributed by atoms with Crippen molar-refractivity contribution in [2.75, 3.05) is 6.54 Å². The van der Waals surface area contributed by atoms with E-state index in [2.05, 4.69) is 13.8 Å². The van der Waals surface area contributed by atoms with Gasteiger partial charge < -0.3 is 0 Å². The fourth-order valence-electron chi connectivity index (χ4n) is 3.48. The Balaban J connectivity index is 1.88. The van der Waals surface area contributed by atoms with Crippen molar-refractivity contribution in [3.8, 4) is 0 Å². The molecule has 1 fully saturated rings. The lowest BCUT2D eigenvalue weighted by Crippen LogP contribution is -2.30. The summed E-state index contributed by atoms with van der Waals surface area (Å²) in [7, 11) is -3.58. The van der Waals surface area contributed by atoms with Crippen molar-refractivity contribution in [1.82, 2.24) is 4.31 Å². The Morgan fingerprint density at radius 1 is 1.16 bits per heavy atom. The second-order valence-electron chi connectivity index (χ2n) is 7.07. The molecule has 1 atom stereocenters. The summed E-state index contributed by atoms with van der Waals surface area (Å²) in [6.45, 7) is 4.74. The normalized spacial score (nSPS) is 18.8. The van der Waals surface area contributed by atoms with Crippen LogP contribution < -0.4 is 0 Å². The molecule has 0 bridgehead atoms. The Labute approximate surface area is 149 Å². The lowest BCUT2D eigenvalue weighted by molar-refractivity contribution is 0.395. The van der Waals surface area contributed by atoms with Crippen molar-refractivity contribution in [1.29, 1.82) is 0 Å². The molecule has 1 aliphatic heterocycles. The molecule has 3 nitrogen and oxygen atoms in total. The highest BCUT2D eigenvalue weighted by Crippen LogP contribution is 2.36. The second-order valence-corrected chi connectivity index (χ2v) is 8.96. The van der Waals surface area contributed by atoms with Crippen molar-refractivity contribution in [2.24, 2.45) is 5.92 Å². The number of hydrogen-bond donors (Lipinski definition) is 0. The minimum Gasteiger partial charge on any atom is -0.207 e. The third kappa shape index (κ3) is 3.93. The predicted octanol–water partition coefficient (Wildman–Crippen LogP) is 4.55. The maximum Gasteiger partial charge on any atom is 0.243 e. The molecular weight excluding hydrogens is 337 g/mol. The highest BCUT2D eigenvalue weighted by Gasteiger charge is 2.36. The van der Waals surface area contributed by atoms with Crippen LogP contribution in [0.4, 0.5) is 4.39 Å². The predicted molar refractivity (Wildman–Crippen MR) is 97.3 cm³/mol. The molecule has 0 saturated carbocycles. The van der Waals surface area contributed by atoms with E-state index in [1.165, 1.54) is 16.4 Å². The van der Waals surface area contributed by atoms with Gasteiger partial charge in [-0.1, -0.05) is 38.1 Å². The molecule has 0 aromatic heterocycles. The molecule has 1 aliphatic rings. The van der Waals surface area contributed by atoms with Crippen LogP contribution in [0.15, 0.2) is 53.4 Å². The zero-order valence-corrected chi connectivity index (χ0v) is 15.5. The third-order valence-corrected chi connectivity index (χ3v) is 6.53. The Morgan fingerprint density at radius 2 is 1.88 bits per heavy atom. The van der Waals surface area contributed by atoms with Crippen molar-refractivity contribution in [3.05, 3.63) is 65.5 Å². The van der Waals surface area contributed by atoms with E-state index in [1.54, 1.807) is 24.3 Å².